The van der Waals surface area contributed by atoms with Gasteiger partial charge in [-0.15, -0.1) is 0 Å². The van der Waals surface area contributed by atoms with Gasteiger partial charge in [0, 0.05) is 0 Å². The molecular formula is C6H6N4O2. The molecule has 2 rings (SSSR count). The predicted octanol–water partition coefficient (Wildman–Crippen LogP) is -0.630. The van der Waals surface area contributed by atoms with Crippen LogP contribution in [-0.2, 0) is 6.54 Å². The first-order chi connectivity index (χ1) is 5.79. The number of nitrogens with two attached hydrogens (primary N) is 1. The summed E-state index contributed by atoms with van der Waals surface area (Å²) in [6.45, 7) is 0.239. The molecule has 0 aliphatic rings. The number of hydrogen-bond donors (Lipinski definition) is 2. The van der Waals surface area contributed by atoms with Gasteiger partial charge in [0.2, 0.25) is 0 Å². The van der Waals surface area contributed by atoms with Crippen molar-refractivity contribution in [1.29, 1.82) is 0 Å². The Hall–Kier alpha value is -1.69. The molecule has 0 saturated heterocycles. The van der Waals surface area contributed by atoms with E-state index < -0.39 is 5.76 Å². The molecule has 0 bridgehead atoms. The highest BCUT2D eigenvalue weighted by Gasteiger charge is 2.02. The van der Waals surface area contributed by atoms with Crippen LogP contribution in [0.2, 0.25) is 0 Å². The second-order valence-electron chi connectivity index (χ2n) is 2.22. The summed E-state index contributed by atoms with van der Waals surface area (Å²) in [5, 5.41) is 0. The molecule has 6 heteroatoms. The first-order valence-corrected chi connectivity index (χ1v) is 3.34. The zero-order valence-corrected chi connectivity index (χ0v) is 6.07. The topological polar surface area (TPSA) is 97.8 Å². The van der Waals surface area contributed by atoms with Crippen molar-refractivity contribution in [3.63, 3.8) is 0 Å². The third kappa shape index (κ3) is 0.978. The molecule has 0 saturated carbocycles. The third-order valence-corrected chi connectivity index (χ3v) is 1.41. The van der Waals surface area contributed by atoms with Crippen LogP contribution < -0.4 is 11.5 Å². The van der Waals surface area contributed by atoms with Crippen molar-refractivity contribution < 1.29 is 4.42 Å². The van der Waals surface area contributed by atoms with Gasteiger partial charge in [0.25, 0.3) is 0 Å². The van der Waals surface area contributed by atoms with Crippen molar-refractivity contribution in [2.75, 3.05) is 0 Å². The van der Waals surface area contributed by atoms with Crippen LogP contribution in [0.3, 0.4) is 0 Å². The number of H-pyrrole nitrogens is 1. The van der Waals surface area contributed by atoms with Gasteiger partial charge in [-0.05, 0) is 0 Å². The summed E-state index contributed by atoms with van der Waals surface area (Å²) in [4.78, 5) is 20.9. The van der Waals surface area contributed by atoms with Gasteiger partial charge >= 0.3 is 5.76 Å². The summed E-state index contributed by atoms with van der Waals surface area (Å²) < 4.78 is 4.69. The van der Waals surface area contributed by atoms with Gasteiger partial charge in [-0.25, -0.2) is 14.8 Å². The Morgan fingerprint density at radius 3 is 3.25 bits per heavy atom. The van der Waals surface area contributed by atoms with E-state index in [1.807, 2.05) is 0 Å². The van der Waals surface area contributed by atoms with Crippen molar-refractivity contribution >= 4 is 11.2 Å². The molecule has 0 aliphatic heterocycles. The average Bonchev–Trinajstić information content (AvgIpc) is 2.43. The monoisotopic (exact) mass is 166 g/mol. The number of aromatic amines is 1. The minimum atomic E-state index is -0.534. The van der Waals surface area contributed by atoms with E-state index in [4.69, 9.17) is 10.2 Å². The molecule has 2 aromatic rings. The van der Waals surface area contributed by atoms with Crippen molar-refractivity contribution in [2.45, 2.75) is 6.54 Å². The van der Waals surface area contributed by atoms with E-state index in [0.29, 0.717) is 17.1 Å². The molecule has 2 aromatic heterocycles. The normalized spacial score (nSPS) is 10.8. The Morgan fingerprint density at radius 2 is 2.50 bits per heavy atom. The Labute approximate surface area is 66.4 Å². The van der Waals surface area contributed by atoms with Crippen molar-refractivity contribution in [1.82, 2.24) is 15.0 Å². The van der Waals surface area contributed by atoms with Crippen LogP contribution in [0.4, 0.5) is 0 Å². The lowest BCUT2D eigenvalue weighted by molar-refractivity contribution is 0.554. The fraction of sp³-hybridized carbons (Fsp3) is 0.167. The van der Waals surface area contributed by atoms with Crippen molar-refractivity contribution in [2.24, 2.45) is 5.73 Å². The Balaban J connectivity index is 2.74. The van der Waals surface area contributed by atoms with Crippen LogP contribution in [0, 0.1) is 0 Å². The maximum absolute atomic E-state index is 10.7. The fourth-order valence-corrected chi connectivity index (χ4v) is 0.892. The molecule has 0 unspecified atom stereocenters. The molecule has 0 aromatic carbocycles. The van der Waals surface area contributed by atoms with Gasteiger partial charge in [-0.1, -0.05) is 0 Å². The second-order valence-corrected chi connectivity index (χ2v) is 2.22. The first kappa shape index (κ1) is 6.99. The number of nitrogens with one attached hydrogen (secondary N) is 1. The number of hydrogen-bond acceptors (Lipinski definition) is 5. The Bertz CT molecular complexity index is 458. The molecule has 12 heavy (non-hydrogen) atoms. The molecule has 0 spiro atoms. The number of aromatic nitrogens is 3. The lowest BCUT2D eigenvalue weighted by atomic mass is 10.5. The second kappa shape index (κ2) is 2.42. The van der Waals surface area contributed by atoms with E-state index in [1.165, 1.54) is 6.20 Å². The third-order valence-electron chi connectivity index (χ3n) is 1.41. The molecule has 0 atom stereocenters. The van der Waals surface area contributed by atoms with Gasteiger partial charge < -0.3 is 10.2 Å². The van der Waals surface area contributed by atoms with Gasteiger partial charge in [0.1, 0.15) is 5.82 Å². The maximum Gasteiger partial charge on any atom is 0.418 e. The Kier molecular flexibility index (Phi) is 1.41. The standard InChI is InChI=1S/C6H6N4O2/c7-1-4-8-2-3-5(9-4)10-6(11)12-3/h2H,1,7H2,(H,8,9,10,11). The van der Waals surface area contributed by atoms with Crippen LogP contribution >= 0.6 is 0 Å². The molecule has 62 valence electrons. The largest absolute Gasteiger partial charge is 0.418 e. The molecule has 0 amide bonds. The molecule has 2 heterocycles. The van der Waals surface area contributed by atoms with Gasteiger partial charge in [0.05, 0.1) is 12.7 Å². The summed E-state index contributed by atoms with van der Waals surface area (Å²) in [6.07, 6.45) is 1.42. The molecule has 0 aliphatic carbocycles. The molecule has 3 N–H and O–H groups in total. The molecule has 6 nitrogen and oxygen atoms in total. The molecule has 0 radical (unpaired) electrons. The van der Waals surface area contributed by atoms with E-state index in [1.54, 1.807) is 0 Å². The number of nitrogens with zero attached hydrogens (tertiary/aromatic N) is 2. The summed E-state index contributed by atoms with van der Waals surface area (Å²) in [5.41, 5.74) is 6.03. The van der Waals surface area contributed by atoms with Gasteiger partial charge in [-0.2, -0.15) is 0 Å². The zero-order chi connectivity index (χ0) is 8.55. The number of rotatable bonds is 1. The van der Waals surface area contributed by atoms with E-state index in [0.717, 1.165) is 0 Å². The van der Waals surface area contributed by atoms with Gasteiger partial charge in [0.15, 0.2) is 11.2 Å². The minimum absolute atomic E-state index is 0.239. The van der Waals surface area contributed by atoms with Crippen LogP contribution in [0.1, 0.15) is 5.82 Å². The van der Waals surface area contributed by atoms with Crippen molar-refractivity contribution in [3.8, 4) is 0 Å². The van der Waals surface area contributed by atoms with Crippen molar-refractivity contribution in [3.05, 3.63) is 22.6 Å². The minimum Gasteiger partial charge on any atom is -0.404 e. The SMILES string of the molecule is NCc1ncc2oc(=O)[nH]c2n1. The molecule has 0 fully saturated rings. The quantitative estimate of drug-likeness (QED) is 0.587. The number of oxazole rings is 1. The number of fused-ring (bicyclic) bond motifs is 1. The van der Waals surface area contributed by atoms with E-state index in [9.17, 15) is 4.79 Å². The lowest BCUT2D eigenvalue weighted by Gasteiger charge is -1.91. The maximum atomic E-state index is 10.7. The van der Waals surface area contributed by atoms with Crippen LogP contribution in [0.5, 0.6) is 0 Å². The fourth-order valence-electron chi connectivity index (χ4n) is 0.892. The summed E-state index contributed by atoms with van der Waals surface area (Å²) in [5.74, 6) is -0.0620. The Morgan fingerprint density at radius 1 is 1.67 bits per heavy atom. The van der Waals surface area contributed by atoms with Crippen LogP contribution in [0.15, 0.2) is 15.4 Å². The van der Waals surface area contributed by atoms with E-state index >= 15 is 0 Å². The average molecular weight is 166 g/mol. The van der Waals surface area contributed by atoms with Gasteiger partial charge in [-0.3, -0.25) is 4.98 Å². The summed E-state index contributed by atoms with van der Waals surface area (Å²) in [7, 11) is 0. The van der Waals surface area contributed by atoms with Crippen LogP contribution in [-0.4, -0.2) is 15.0 Å². The highest BCUT2D eigenvalue weighted by molar-refractivity contribution is 5.65. The first-order valence-electron chi connectivity index (χ1n) is 3.34. The van der Waals surface area contributed by atoms with E-state index in [2.05, 4.69) is 15.0 Å². The predicted molar refractivity (Wildman–Crippen MR) is 40.3 cm³/mol. The van der Waals surface area contributed by atoms with E-state index in [-0.39, 0.29) is 6.54 Å². The zero-order valence-electron chi connectivity index (χ0n) is 6.07. The highest BCUT2D eigenvalue weighted by Crippen LogP contribution is 2.03. The smallest absolute Gasteiger partial charge is 0.404 e. The lowest BCUT2D eigenvalue weighted by Crippen LogP contribution is -2.02. The summed E-state index contributed by atoms with van der Waals surface area (Å²) >= 11 is 0. The van der Waals surface area contributed by atoms with Crippen LogP contribution in [0.25, 0.3) is 11.2 Å². The summed E-state index contributed by atoms with van der Waals surface area (Å²) in [6, 6.07) is 0. The highest BCUT2D eigenvalue weighted by atomic mass is 16.4. The molecular weight excluding hydrogens is 160 g/mol.